The standard InChI is InChI=1S/C15H15NOS/c1-2-12-14(15(16)10-7-8-18-9-10)11-5-3-4-6-13(11)17-12/h3-9,15H,2,16H2,1H3. The van der Waals surface area contributed by atoms with Gasteiger partial charge in [0.25, 0.3) is 0 Å². The number of furan rings is 1. The van der Waals surface area contributed by atoms with E-state index in [1.165, 1.54) is 0 Å². The number of fused-ring (bicyclic) bond motifs is 1. The third-order valence-electron chi connectivity index (χ3n) is 3.25. The Morgan fingerprint density at radius 3 is 2.83 bits per heavy atom. The van der Waals surface area contributed by atoms with E-state index < -0.39 is 0 Å². The monoisotopic (exact) mass is 257 g/mol. The molecule has 0 fully saturated rings. The highest BCUT2D eigenvalue weighted by Crippen LogP contribution is 2.33. The zero-order valence-electron chi connectivity index (χ0n) is 10.2. The van der Waals surface area contributed by atoms with E-state index >= 15 is 0 Å². The van der Waals surface area contributed by atoms with Crippen molar-refractivity contribution in [1.82, 2.24) is 0 Å². The Kier molecular flexibility index (Phi) is 2.94. The molecular formula is C15H15NOS. The summed E-state index contributed by atoms with van der Waals surface area (Å²) in [4.78, 5) is 0. The van der Waals surface area contributed by atoms with Crippen LogP contribution in [0.3, 0.4) is 0 Å². The van der Waals surface area contributed by atoms with Crippen LogP contribution in [0, 0.1) is 0 Å². The van der Waals surface area contributed by atoms with Crippen molar-refractivity contribution in [3.8, 4) is 0 Å². The molecule has 1 unspecified atom stereocenters. The number of hydrogen-bond donors (Lipinski definition) is 1. The molecule has 0 bridgehead atoms. The van der Waals surface area contributed by atoms with Gasteiger partial charge in [-0.25, -0.2) is 0 Å². The molecule has 3 aromatic rings. The smallest absolute Gasteiger partial charge is 0.134 e. The Morgan fingerprint density at radius 1 is 1.28 bits per heavy atom. The van der Waals surface area contributed by atoms with Crippen LogP contribution in [0.15, 0.2) is 45.5 Å². The largest absolute Gasteiger partial charge is 0.461 e. The van der Waals surface area contributed by atoms with Gasteiger partial charge in [0.15, 0.2) is 0 Å². The fourth-order valence-electron chi connectivity index (χ4n) is 2.34. The van der Waals surface area contributed by atoms with Crippen LogP contribution in [-0.4, -0.2) is 0 Å². The average molecular weight is 257 g/mol. The van der Waals surface area contributed by atoms with Gasteiger partial charge in [-0.3, -0.25) is 0 Å². The van der Waals surface area contributed by atoms with Crippen molar-refractivity contribution in [2.45, 2.75) is 19.4 Å². The summed E-state index contributed by atoms with van der Waals surface area (Å²) >= 11 is 1.67. The normalized spacial score (nSPS) is 13.0. The number of rotatable bonds is 3. The van der Waals surface area contributed by atoms with Gasteiger partial charge < -0.3 is 10.2 Å². The molecule has 1 aromatic carbocycles. The van der Waals surface area contributed by atoms with E-state index in [0.29, 0.717) is 0 Å². The lowest BCUT2D eigenvalue weighted by atomic mass is 9.98. The highest BCUT2D eigenvalue weighted by atomic mass is 32.1. The SMILES string of the molecule is CCc1oc2ccccc2c1C(N)c1ccsc1. The molecule has 3 heteroatoms. The van der Waals surface area contributed by atoms with Crippen molar-refractivity contribution < 1.29 is 4.42 Å². The first kappa shape index (κ1) is 11.5. The third kappa shape index (κ3) is 1.76. The fourth-order valence-corrected chi connectivity index (χ4v) is 3.03. The minimum atomic E-state index is -0.102. The van der Waals surface area contributed by atoms with Crippen molar-refractivity contribution in [1.29, 1.82) is 0 Å². The predicted molar refractivity (Wildman–Crippen MR) is 75.9 cm³/mol. The first-order valence-electron chi connectivity index (χ1n) is 6.09. The lowest BCUT2D eigenvalue weighted by molar-refractivity contribution is 0.546. The van der Waals surface area contributed by atoms with Crippen LogP contribution in [-0.2, 0) is 6.42 Å². The molecule has 0 saturated heterocycles. The molecule has 2 heterocycles. The first-order valence-corrected chi connectivity index (χ1v) is 7.03. The van der Waals surface area contributed by atoms with Crippen LogP contribution in [0.4, 0.5) is 0 Å². The van der Waals surface area contributed by atoms with E-state index in [1.54, 1.807) is 11.3 Å². The topological polar surface area (TPSA) is 39.2 Å². The quantitative estimate of drug-likeness (QED) is 0.767. The minimum absolute atomic E-state index is 0.102. The molecule has 3 rings (SSSR count). The Labute approximate surface area is 110 Å². The van der Waals surface area contributed by atoms with Crippen LogP contribution in [0.5, 0.6) is 0 Å². The molecule has 2 nitrogen and oxygen atoms in total. The zero-order valence-corrected chi connectivity index (χ0v) is 11.0. The van der Waals surface area contributed by atoms with Crippen LogP contribution >= 0.6 is 11.3 Å². The van der Waals surface area contributed by atoms with E-state index in [0.717, 1.165) is 34.3 Å². The van der Waals surface area contributed by atoms with Crippen LogP contribution in [0.2, 0.25) is 0 Å². The molecular weight excluding hydrogens is 242 g/mol. The summed E-state index contributed by atoms with van der Waals surface area (Å²) in [6.45, 7) is 2.10. The molecule has 18 heavy (non-hydrogen) atoms. The van der Waals surface area contributed by atoms with Gasteiger partial charge in [-0.2, -0.15) is 11.3 Å². The number of thiophene rings is 1. The third-order valence-corrected chi connectivity index (χ3v) is 3.95. The maximum absolute atomic E-state index is 6.39. The zero-order chi connectivity index (χ0) is 12.5. The van der Waals surface area contributed by atoms with Gasteiger partial charge in [0.05, 0.1) is 6.04 Å². The van der Waals surface area contributed by atoms with Gasteiger partial charge >= 0.3 is 0 Å². The maximum Gasteiger partial charge on any atom is 0.134 e. The van der Waals surface area contributed by atoms with Crippen LogP contribution in [0.25, 0.3) is 11.0 Å². The van der Waals surface area contributed by atoms with Crippen molar-refractivity contribution in [3.63, 3.8) is 0 Å². The lowest BCUT2D eigenvalue weighted by Gasteiger charge is -2.10. The van der Waals surface area contributed by atoms with Gasteiger partial charge in [0.1, 0.15) is 11.3 Å². The number of benzene rings is 1. The summed E-state index contributed by atoms with van der Waals surface area (Å²) in [6.07, 6.45) is 0.863. The number of nitrogens with two attached hydrogens (primary N) is 1. The second-order valence-corrected chi connectivity index (χ2v) is 5.10. The lowest BCUT2D eigenvalue weighted by Crippen LogP contribution is -2.12. The molecule has 0 saturated carbocycles. The Bertz CT molecular complexity index is 654. The highest BCUT2D eigenvalue weighted by Gasteiger charge is 2.20. The molecule has 0 aliphatic rings. The van der Waals surface area contributed by atoms with E-state index in [1.807, 2.05) is 18.2 Å². The maximum atomic E-state index is 6.39. The molecule has 2 N–H and O–H groups in total. The van der Waals surface area contributed by atoms with Crippen molar-refractivity contribution in [3.05, 3.63) is 58.0 Å². The Morgan fingerprint density at radius 2 is 2.11 bits per heavy atom. The van der Waals surface area contributed by atoms with Gasteiger partial charge in [-0.15, -0.1) is 0 Å². The molecule has 1 atom stereocenters. The molecule has 2 aromatic heterocycles. The Balaban J connectivity index is 2.20. The van der Waals surface area contributed by atoms with Gasteiger partial charge in [-0.05, 0) is 28.5 Å². The van der Waals surface area contributed by atoms with Gasteiger partial charge in [0.2, 0.25) is 0 Å². The molecule has 0 radical (unpaired) electrons. The number of aryl methyl sites for hydroxylation is 1. The second kappa shape index (κ2) is 4.59. The molecule has 0 amide bonds. The summed E-state index contributed by atoms with van der Waals surface area (Å²) in [5.74, 6) is 0.995. The van der Waals surface area contributed by atoms with Crippen LogP contribution < -0.4 is 5.73 Å². The first-order chi connectivity index (χ1) is 8.81. The fraction of sp³-hybridized carbons (Fsp3) is 0.200. The van der Waals surface area contributed by atoms with E-state index in [2.05, 4.69) is 29.8 Å². The number of hydrogen-bond acceptors (Lipinski definition) is 3. The minimum Gasteiger partial charge on any atom is -0.461 e. The van der Waals surface area contributed by atoms with Gasteiger partial charge in [-0.1, -0.05) is 25.1 Å². The van der Waals surface area contributed by atoms with Crippen molar-refractivity contribution in [2.24, 2.45) is 5.73 Å². The van der Waals surface area contributed by atoms with E-state index in [-0.39, 0.29) is 6.04 Å². The van der Waals surface area contributed by atoms with E-state index in [9.17, 15) is 0 Å². The van der Waals surface area contributed by atoms with Crippen molar-refractivity contribution >= 4 is 22.3 Å². The number of para-hydroxylation sites is 1. The van der Waals surface area contributed by atoms with E-state index in [4.69, 9.17) is 10.2 Å². The summed E-state index contributed by atoms with van der Waals surface area (Å²) in [5.41, 5.74) is 9.61. The summed E-state index contributed by atoms with van der Waals surface area (Å²) in [5, 5.41) is 5.29. The Hall–Kier alpha value is -1.58. The average Bonchev–Trinajstić information content (AvgIpc) is 3.04. The molecule has 0 aliphatic carbocycles. The van der Waals surface area contributed by atoms with Crippen LogP contribution in [0.1, 0.15) is 29.9 Å². The van der Waals surface area contributed by atoms with Crippen molar-refractivity contribution in [2.75, 3.05) is 0 Å². The molecule has 0 spiro atoms. The highest BCUT2D eigenvalue weighted by molar-refractivity contribution is 7.08. The summed E-state index contributed by atoms with van der Waals surface area (Å²) in [7, 11) is 0. The molecule has 0 aliphatic heterocycles. The second-order valence-electron chi connectivity index (χ2n) is 4.32. The predicted octanol–water partition coefficient (Wildman–Crippen LogP) is 4.10. The summed E-state index contributed by atoms with van der Waals surface area (Å²) < 4.78 is 5.89. The molecule has 92 valence electrons. The van der Waals surface area contributed by atoms with Gasteiger partial charge in [0, 0.05) is 17.4 Å². The summed E-state index contributed by atoms with van der Waals surface area (Å²) in [6, 6.07) is 10.1.